The molecule has 7 nitrogen and oxygen atoms in total. The van der Waals surface area contributed by atoms with Gasteiger partial charge in [0.05, 0.1) is 7.11 Å². The first-order valence-electron chi connectivity index (χ1n) is 14.2. The van der Waals surface area contributed by atoms with Gasteiger partial charge in [0.2, 0.25) is 0 Å². The van der Waals surface area contributed by atoms with E-state index in [4.69, 9.17) is 14.2 Å². The zero-order chi connectivity index (χ0) is 27.8. The summed E-state index contributed by atoms with van der Waals surface area (Å²) in [6.45, 7) is 1.76. The highest BCUT2D eigenvalue weighted by molar-refractivity contribution is 5.87. The van der Waals surface area contributed by atoms with Crippen LogP contribution >= 0.6 is 0 Å². The average Bonchev–Trinajstić information content (AvgIpc) is 2.92. The molecule has 214 valence electrons. The Bertz CT molecular complexity index is 832. The molecule has 0 aliphatic rings. The average molecular weight is 533 g/mol. The third kappa shape index (κ3) is 17.6. The molecule has 1 aromatic carbocycles. The van der Waals surface area contributed by atoms with Crippen LogP contribution in [-0.4, -0.2) is 48.6 Å². The summed E-state index contributed by atoms with van der Waals surface area (Å²) in [6.07, 6.45) is 22.1. The zero-order valence-corrected chi connectivity index (χ0v) is 23.4. The number of aliphatic hydroxyl groups excluding tert-OH is 1. The molecule has 0 aromatic heterocycles. The van der Waals surface area contributed by atoms with Gasteiger partial charge in [0.1, 0.15) is 19.3 Å². The predicted molar refractivity (Wildman–Crippen MR) is 151 cm³/mol. The van der Waals surface area contributed by atoms with Crippen LogP contribution in [0.5, 0.6) is 11.5 Å². The first kappa shape index (κ1) is 33.2. The van der Waals surface area contributed by atoms with Crippen molar-refractivity contribution in [3.05, 3.63) is 42.0 Å². The van der Waals surface area contributed by atoms with E-state index in [1.807, 2.05) is 0 Å². The second-order valence-electron chi connectivity index (χ2n) is 9.57. The molecule has 0 fully saturated rings. The molecule has 2 N–H and O–H groups in total. The van der Waals surface area contributed by atoms with E-state index in [-0.39, 0.29) is 24.9 Å². The van der Waals surface area contributed by atoms with E-state index in [2.05, 4.69) is 19.1 Å². The van der Waals surface area contributed by atoms with Crippen molar-refractivity contribution in [2.24, 2.45) is 0 Å². The number of rotatable bonds is 22. The van der Waals surface area contributed by atoms with Crippen LogP contribution in [0.25, 0.3) is 6.08 Å². The molecule has 0 aliphatic carbocycles. The molecule has 0 aliphatic heterocycles. The molecule has 0 spiro atoms. The Hall–Kier alpha value is -2.80. The number of unbranched alkanes of at least 4 members (excludes halogenated alkanes) is 11. The number of allylic oxidation sites excluding steroid dienone is 2. The number of benzene rings is 1. The Morgan fingerprint density at radius 3 is 2.13 bits per heavy atom. The molecule has 38 heavy (non-hydrogen) atoms. The molecule has 1 aromatic rings. The van der Waals surface area contributed by atoms with Gasteiger partial charge in [-0.2, -0.15) is 0 Å². The third-order valence-corrected chi connectivity index (χ3v) is 6.11. The minimum absolute atomic E-state index is 0.00198. The van der Waals surface area contributed by atoms with E-state index < -0.39 is 12.1 Å². The van der Waals surface area contributed by atoms with Crippen molar-refractivity contribution in [1.29, 1.82) is 0 Å². The van der Waals surface area contributed by atoms with Crippen molar-refractivity contribution in [2.75, 3.05) is 20.3 Å². The fourth-order valence-electron chi connectivity index (χ4n) is 3.84. The van der Waals surface area contributed by atoms with Crippen LogP contribution in [0, 0.1) is 0 Å². The Kier molecular flexibility index (Phi) is 19.4. The summed E-state index contributed by atoms with van der Waals surface area (Å²) in [7, 11) is 1.43. The zero-order valence-electron chi connectivity index (χ0n) is 23.4. The summed E-state index contributed by atoms with van der Waals surface area (Å²) in [5.74, 6) is -0.702. The summed E-state index contributed by atoms with van der Waals surface area (Å²) in [5.41, 5.74) is 0.640. The van der Waals surface area contributed by atoms with E-state index in [1.54, 1.807) is 12.1 Å². The molecule has 1 rings (SSSR count). The molecule has 0 saturated carbocycles. The number of carbonyl (C=O) groups is 2. The Morgan fingerprint density at radius 2 is 1.47 bits per heavy atom. The lowest BCUT2D eigenvalue weighted by atomic mass is 10.1. The van der Waals surface area contributed by atoms with Crippen LogP contribution < -0.4 is 4.74 Å². The van der Waals surface area contributed by atoms with E-state index >= 15 is 0 Å². The van der Waals surface area contributed by atoms with E-state index in [9.17, 15) is 19.8 Å². The number of aromatic hydroxyl groups is 1. The number of ether oxygens (including phenoxy) is 3. The first-order valence-corrected chi connectivity index (χ1v) is 14.2. The molecule has 0 heterocycles. The highest BCUT2D eigenvalue weighted by Crippen LogP contribution is 2.26. The predicted octanol–water partition coefficient (Wildman–Crippen LogP) is 6.90. The summed E-state index contributed by atoms with van der Waals surface area (Å²) >= 11 is 0. The maximum atomic E-state index is 11.9. The summed E-state index contributed by atoms with van der Waals surface area (Å²) in [6, 6.07) is 4.65. The van der Waals surface area contributed by atoms with E-state index in [0.717, 1.165) is 32.1 Å². The fraction of sp³-hybridized carbons (Fsp3) is 0.613. The summed E-state index contributed by atoms with van der Waals surface area (Å²) in [5, 5.41) is 19.5. The number of hydrogen-bond acceptors (Lipinski definition) is 7. The molecular formula is C31H48O7. The van der Waals surface area contributed by atoms with Crippen LogP contribution in [0.15, 0.2) is 36.4 Å². The summed E-state index contributed by atoms with van der Waals surface area (Å²) in [4.78, 5) is 23.7. The lowest BCUT2D eigenvalue weighted by Gasteiger charge is -2.11. The largest absolute Gasteiger partial charge is 0.504 e. The van der Waals surface area contributed by atoms with Crippen molar-refractivity contribution in [2.45, 2.75) is 103 Å². The van der Waals surface area contributed by atoms with Gasteiger partial charge >= 0.3 is 11.9 Å². The van der Waals surface area contributed by atoms with Gasteiger partial charge in [0.15, 0.2) is 11.5 Å². The molecule has 0 radical (unpaired) electrons. The molecular weight excluding hydrogens is 484 g/mol. The Morgan fingerprint density at radius 1 is 0.868 bits per heavy atom. The Labute approximate surface area is 228 Å². The van der Waals surface area contributed by atoms with Gasteiger partial charge in [-0.25, -0.2) is 4.79 Å². The van der Waals surface area contributed by atoms with Gasteiger partial charge in [-0.15, -0.1) is 0 Å². The number of phenols is 1. The molecule has 1 atom stereocenters. The van der Waals surface area contributed by atoms with Crippen LogP contribution in [-0.2, 0) is 19.1 Å². The molecule has 0 amide bonds. The van der Waals surface area contributed by atoms with E-state index in [1.165, 1.54) is 76.7 Å². The summed E-state index contributed by atoms with van der Waals surface area (Å²) < 4.78 is 15.1. The number of methoxy groups -OCH3 is 1. The van der Waals surface area contributed by atoms with Gasteiger partial charge in [0, 0.05) is 12.5 Å². The second-order valence-corrected chi connectivity index (χ2v) is 9.57. The third-order valence-electron chi connectivity index (χ3n) is 6.11. The number of phenolic OH excluding ortho intramolecular Hbond substituents is 1. The van der Waals surface area contributed by atoms with Gasteiger partial charge < -0.3 is 24.4 Å². The highest BCUT2D eigenvalue weighted by Gasteiger charge is 2.11. The minimum Gasteiger partial charge on any atom is -0.504 e. The lowest BCUT2D eigenvalue weighted by Crippen LogP contribution is -2.24. The quantitative estimate of drug-likeness (QED) is 0.0725. The maximum Gasteiger partial charge on any atom is 0.330 e. The monoisotopic (exact) mass is 532 g/mol. The smallest absolute Gasteiger partial charge is 0.330 e. The van der Waals surface area contributed by atoms with Crippen LogP contribution in [0.3, 0.4) is 0 Å². The molecule has 0 saturated heterocycles. The van der Waals surface area contributed by atoms with Gasteiger partial charge in [0.25, 0.3) is 0 Å². The maximum absolute atomic E-state index is 11.9. The number of esters is 2. The van der Waals surface area contributed by atoms with Crippen LogP contribution in [0.4, 0.5) is 0 Å². The first-order chi connectivity index (χ1) is 18.5. The highest BCUT2D eigenvalue weighted by atomic mass is 16.6. The second kappa shape index (κ2) is 22.2. The molecule has 0 bridgehead atoms. The molecule has 7 heteroatoms. The van der Waals surface area contributed by atoms with Crippen molar-refractivity contribution in [3.8, 4) is 11.5 Å². The van der Waals surface area contributed by atoms with Crippen LogP contribution in [0.1, 0.15) is 102 Å². The van der Waals surface area contributed by atoms with Crippen molar-refractivity contribution in [1.82, 2.24) is 0 Å². The lowest BCUT2D eigenvalue weighted by molar-refractivity contribution is -0.150. The van der Waals surface area contributed by atoms with Gasteiger partial charge in [-0.05, 0) is 55.9 Å². The topological polar surface area (TPSA) is 102 Å². The number of aliphatic hydroxyl groups is 1. The fourth-order valence-corrected chi connectivity index (χ4v) is 3.84. The van der Waals surface area contributed by atoms with Crippen molar-refractivity contribution in [3.63, 3.8) is 0 Å². The van der Waals surface area contributed by atoms with Crippen molar-refractivity contribution < 1.29 is 34.0 Å². The number of carbonyl (C=O) groups excluding carboxylic acids is 2. The van der Waals surface area contributed by atoms with Gasteiger partial charge in [-0.3, -0.25) is 4.79 Å². The normalized spacial score (nSPS) is 12.2. The number of hydrogen-bond donors (Lipinski definition) is 2. The van der Waals surface area contributed by atoms with Crippen molar-refractivity contribution >= 4 is 18.0 Å². The van der Waals surface area contributed by atoms with Gasteiger partial charge in [-0.1, -0.05) is 76.5 Å². The Balaban J connectivity index is 2.00. The van der Waals surface area contributed by atoms with Crippen LogP contribution in [0.2, 0.25) is 0 Å². The van der Waals surface area contributed by atoms with E-state index in [0.29, 0.717) is 17.7 Å². The molecule has 1 unspecified atom stereocenters. The SMILES string of the molecule is CCCCCCCC/C=C\CCCCCCCC(=O)OCC(O)COC(=O)/C=C/c1ccc(O)c(OC)c1. The standard InChI is InChI=1S/C31H48O7/c1-3-4-5-6-7-8-9-10-11-12-13-14-15-16-17-18-30(34)37-24-27(32)25-38-31(35)22-20-26-19-21-28(33)29(23-26)36-2/h10-11,19-23,27,32-33H,3-9,12-18,24-25H2,1-2H3/b11-10-,22-20+. The minimum atomic E-state index is -1.08.